The lowest BCUT2D eigenvalue weighted by Crippen LogP contribution is -2.02. The Morgan fingerprint density at radius 2 is 2.24 bits per heavy atom. The minimum Gasteiger partial charge on any atom is -0.466 e. The molecule has 5 heteroatoms. The van der Waals surface area contributed by atoms with Gasteiger partial charge in [0.2, 0.25) is 0 Å². The largest absolute Gasteiger partial charge is 0.466 e. The molecule has 2 aromatic rings. The van der Waals surface area contributed by atoms with Crippen LogP contribution in [0.25, 0.3) is 0 Å². The van der Waals surface area contributed by atoms with Crippen LogP contribution in [0.1, 0.15) is 17.4 Å². The fourth-order valence-corrected chi connectivity index (χ4v) is 2.70. The number of furan rings is 1. The molecule has 0 fully saturated rings. The minimum atomic E-state index is -1.09. The summed E-state index contributed by atoms with van der Waals surface area (Å²) in [5.74, 6) is -0.0846. The number of aliphatic hydroxyl groups excluding tert-OH is 1. The van der Waals surface area contributed by atoms with E-state index in [-0.39, 0.29) is 5.56 Å². The molecule has 0 bridgehead atoms. The van der Waals surface area contributed by atoms with Crippen LogP contribution in [0.3, 0.4) is 0 Å². The van der Waals surface area contributed by atoms with Crippen LogP contribution in [-0.2, 0) is 0 Å². The van der Waals surface area contributed by atoms with Crippen molar-refractivity contribution in [2.75, 3.05) is 6.26 Å². The lowest BCUT2D eigenvalue weighted by atomic mass is 10.1. The fraction of sp³-hybridized carbons (Fsp3) is 0.167. The zero-order valence-electron chi connectivity index (χ0n) is 8.98. The van der Waals surface area contributed by atoms with Crippen LogP contribution in [0.4, 0.5) is 4.39 Å². The van der Waals surface area contributed by atoms with Crippen molar-refractivity contribution in [3.8, 4) is 0 Å². The van der Waals surface area contributed by atoms with Gasteiger partial charge in [0.05, 0.1) is 6.26 Å². The van der Waals surface area contributed by atoms with E-state index in [1.165, 1.54) is 18.0 Å². The van der Waals surface area contributed by atoms with Gasteiger partial charge in [0.1, 0.15) is 17.7 Å². The molecule has 0 radical (unpaired) electrons. The highest BCUT2D eigenvalue weighted by Crippen LogP contribution is 2.32. The van der Waals surface area contributed by atoms with Crippen LogP contribution in [0.15, 0.2) is 44.3 Å². The first-order valence-corrected chi connectivity index (χ1v) is 6.89. The average molecular weight is 317 g/mol. The SMILES string of the molecule is CSc1cc(Br)cc(C(O)c2ccco2)c1F. The Kier molecular flexibility index (Phi) is 3.91. The van der Waals surface area contributed by atoms with Crippen LogP contribution in [0.5, 0.6) is 0 Å². The summed E-state index contributed by atoms with van der Waals surface area (Å²) in [7, 11) is 0. The molecule has 0 aliphatic rings. The number of halogens is 2. The van der Waals surface area contributed by atoms with E-state index < -0.39 is 11.9 Å². The Bertz CT molecular complexity index is 513. The molecule has 1 N–H and O–H groups in total. The molecule has 1 atom stereocenters. The Morgan fingerprint density at radius 1 is 1.47 bits per heavy atom. The van der Waals surface area contributed by atoms with E-state index in [0.717, 1.165) is 4.47 Å². The topological polar surface area (TPSA) is 33.4 Å². The molecule has 0 saturated heterocycles. The zero-order valence-corrected chi connectivity index (χ0v) is 11.4. The maximum Gasteiger partial charge on any atom is 0.143 e. The first-order chi connectivity index (χ1) is 8.13. The first-order valence-electron chi connectivity index (χ1n) is 4.88. The summed E-state index contributed by atoms with van der Waals surface area (Å²) in [6, 6.07) is 6.51. The van der Waals surface area contributed by atoms with Crippen LogP contribution in [0.2, 0.25) is 0 Å². The zero-order chi connectivity index (χ0) is 12.4. The molecule has 1 unspecified atom stereocenters. The lowest BCUT2D eigenvalue weighted by molar-refractivity contribution is 0.184. The van der Waals surface area contributed by atoms with E-state index in [9.17, 15) is 9.50 Å². The van der Waals surface area contributed by atoms with Crippen molar-refractivity contribution in [1.29, 1.82) is 0 Å². The van der Waals surface area contributed by atoms with Crippen LogP contribution in [-0.4, -0.2) is 11.4 Å². The van der Waals surface area contributed by atoms with E-state index in [0.29, 0.717) is 10.7 Å². The Labute approximate surface area is 111 Å². The highest BCUT2D eigenvalue weighted by Gasteiger charge is 2.20. The van der Waals surface area contributed by atoms with Crippen molar-refractivity contribution in [2.24, 2.45) is 0 Å². The maximum absolute atomic E-state index is 14.1. The van der Waals surface area contributed by atoms with E-state index in [4.69, 9.17) is 4.42 Å². The van der Waals surface area contributed by atoms with Gasteiger partial charge in [-0.1, -0.05) is 15.9 Å². The van der Waals surface area contributed by atoms with Gasteiger partial charge in [0, 0.05) is 14.9 Å². The number of hydrogen-bond acceptors (Lipinski definition) is 3. The van der Waals surface area contributed by atoms with Gasteiger partial charge >= 0.3 is 0 Å². The second-order valence-electron chi connectivity index (χ2n) is 3.43. The summed E-state index contributed by atoms with van der Waals surface area (Å²) in [6.07, 6.45) is 2.14. The number of thioether (sulfide) groups is 1. The van der Waals surface area contributed by atoms with E-state index in [1.54, 1.807) is 30.5 Å². The standard InChI is InChI=1S/C12H10BrFO2S/c1-17-10-6-7(13)5-8(11(10)14)12(15)9-3-2-4-16-9/h2-6,12,15H,1H3. The van der Waals surface area contributed by atoms with Crippen molar-refractivity contribution in [1.82, 2.24) is 0 Å². The summed E-state index contributed by atoms with van der Waals surface area (Å²) >= 11 is 4.59. The molecule has 1 aromatic heterocycles. The lowest BCUT2D eigenvalue weighted by Gasteiger charge is -2.12. The molecule has 1 aromatic carbocycles. The molecule has 2 rings (SSSR count). The molecule has 17 heavy (non-hydrogen) atoms. The minimum absolute atomic E-state index is 0.207. The predicted molar refractivity (Wildman–Crippen MR) is 68.7 cm³/mol. The summed E-state index contributed by atoms with van der Waals surface area (Å²) in [5, 5.41) is 10.0. The molecule has 0 spiro atoms. The third-order valence-electron chi connectivity index (χ3n) is 2.36. The summed E-state index contributed by atoms with van der Waals surface area (Å²) in [6.45, 7) is 0. The molecule has 0 aliphatic carbocycles. The third kappa shape index (κ3) is 2.56. The monoisotopic (exact) mass is 316 g/mol. The van der Waals surface area contributed by atoms with Gasteiger partial charge in [0.15, 0.2) is 0 Å². The van der Waals surface area contributed by atoms with Crippen molar-refractivity contribution in [2.45, 2.75) is 11.0 Å². The van der Waals surface area contributed by atoms with Gasteiger partial charge in [-0.15, -0.1) is 11.8 Å². The van der Waals surface area contributed by atoms with Crippen LogP contribution in [0, 0.1) is 5.82 Å². The van der Waals surface area contributed by atoms with Gasteiger partial charge in [0.25, 0.3) is 0 Å². The van der Waals surface area contributed by atoms with Gasteiger partial charge in [-0.05, 0) is 30.5 Å². The normalized spacial score (nSPS) is 12.7. The summed E-state index contributed by atoms with van der Waals surface area (Å²) in [4.78, 5) is 0.486. The Balaban J connectivity index is 2.48. The quantitative estimate of drug-likeness (QED) is 0.869. The number of benzene rings is 1. The summed E-state index contributed by atoms with van der Waals surface area (Å²) < 4.78 is 19.9. The van der Waals surface area contributed by atoms with Crippen LogP contribution >= 0.6 is 27.7 Å². The van der Waals surface area contributed by atoms with Gasteiger partial charge in [-0.2, -0.15) is 0 Å². The number of rotatable bonds is 3. The Morgan fingerprint density at radius 3 is 2.82 bits per heavy atom. The van der Waals surface area contributed by atoms with Gasteiger partial charge in [-0.3, -0.25) is 0 Å². The predicted octanol–water partition coefficient (Wildman–Crippen LogP) is 3.98. The highest BCUT2D eigenvalue weighted by molar-refractivity contribution is 9.10. The molecule has 1 heterocycles. The van der Waals surface area contributed by atoms with Crippen molar-refractivity contribution >= 4 is 27.7 Å². The molecule has 0 aliphatic heterocycles. The van der Waals surface area contributed by atoms with Crippen molar-refractivity contribution in [3.05, 3.63) is 52.1 Å². The smallest absolute Gasteiger partial charge is 0.143 e. The third-order valence-corrected chi connectivity index (χ3v) is 3.55. The average Bonchev–Trinajstić information content (AvgIpc) is 2.84. The molecule has 90 valence electrons. The molecular formula is C12H10BrFO2S. The Hall–Kier alpha value is -0.780. The fourth-order valence-electron chi connectivity index (χ4n) is 1.53. The second kappa shape index (κ2) is 5.25. The van der Waals surface area contributed by atoms with Gasteiger partial charge < -0.3 is 9.52 Å². The van der Waals surface area contributed by atoms with Crippen LogP contribution < -0.4 is 0 Å². The van der Waals surface area contributed by atoms with E-state index >= 15 is 0 Å². The van der Waals surface area contributed by atoms with Crippen molar-refractivity contribution < 1.29 is 13.9 Å². The van der Waals surface area contributed by atoms with E-state index in [1.807, 2.05) is 0 Å². The summed E-state index contributed by atoms with van der Waals surface area (Å²) in [5.41, 5.74) is 0.207. The molecule has 0 amide bonds. The highest BCUT2D eigenvalue weighted by atomic mass is 79.9. The maximum atomic E-state index is 14.1. The molecule has 2 nitrogen and oxygen atoms in total. The first kappa shape index (κ1) is 12.7. The number of hydrogen-bond donors (Lipinski definition) is 1. The number of aliphatic hydroxyl groups is 1. The van der Waals surface area contributed by atoms with E-state index in [2.05, 4.69) is 15.9 Å². The van der Waals surface area contributed by atoms with Gasteiger partial charge in [-0.25, -0.2) is 4.39 Å². The van der Waals surface area contributed by atoms with Crippen molar-refractivity contribution in [3.63, 3.8) is 0 Å². The molecule has 0 saturated carbocycles. The molecular weight excluding hydrogens is 307 g/mol. The second-order valence-corrected chi connectivity index (χ2v) is 5.19.